The maximum Gasteiger partial charge on any atom is 0.265 e. The van der Waals surface area contributed by atoms with Crippen LogP contribution in [0.5, 0.6) is 5.75 Å². The second-order valence-electron chi connectivity index (χ2n) is 6.49. The van der Waals surface area contributed by atoms with Gasteiger partial charge in [0.15, 0.2) is 0 Å². The minimum atomic E-state index is -0.962. The van der Waals surface area contributed by atoms with Crippen molar-refractivity contribution < 1.29 is 10.2 Å². The van der Waals surface area contributed by atoms with E-state index in [9.17, 15) is 15.0 Å². The fraction of sp³-hybridized carbons (Fsp3) is 0.250. The fourth-order valence-corrected chi connectivity index (χ4v) is 3.01. The molecule has 1 atom stereocenters. The maximum atomic E-state index is 13.2. The van der Waals surface area contributed by atoms with E-state index in [-0.39, 0.29) is 22.8 Å². The molecule has 0 aliphatic heterocycles. The Bertz CT molecular complexity index is 1070. The molecule has 0 aliphatic carbocycles. The predicted octanol–water partition coefficient (Wildman–Crippen LogP) is 3.14. The average molecular weight is 349 g/mol. The number of phenolic OH excluding ortho intramolecular Hbond substituents is 1. The van der Waals surface area contributed by atoms with Gasteiger partial charge in [0.05, 0.1) is 34.3 Å². The van der Waals surface area contributed by atoms with E-state index in [1.165, 1.54) is 23.6 Å². The number of aliphatic hydroxyl groups excluding tert-OH is 1. The van der Waals surface area contributed by atoms with Gasteiger partial charge >= 0.3 is 0 Å². The average Bonchev–Trinajstić information content (AvgIpc) is 2.61. The standard InChI is InChI=1S/C20H19N3O3/c1-11(2)19-22-18-15(8-9-16(25)17(18)12(3)24)20(26)23(19)14-6-4-13(10-21)5-7-14/h4-9,11-12,24-25H,1-3H3. The van der Waals surface area contributed by atoms with E-state index in [4.69, 9.17) is 5.26 Å². The van der Waals surface area contributed by atoms with Crippen LogP contribution < -0.4 is 5.56 Å². The van der Waals surface area contributed by atoms with Crippen LogP contribution >= 0.6 is 0 Å². The van der Waals surface area contributed by atoms with Crippen molar-refractivity contribution in [2.24, 2.45) is 0 Å². The van der Waals surface area contributed by atoms with E-state index in [1.54, 1.807) is 24.3 Å². The second-order valence-corrected chi connectivity index (χ2v) is 6.49. The molecule has 1 aromatic heterocycles. The lowest BCUT2D eigenvalue weighted by atomic mass is 10.0. The Hall–Kier alpha value is -3.17. The van der Waals surface area contributed by atoms with Crippen LogP contribution in [0.2, 0.25) is 0 Å². The Balaban J connectivity index is 2.42. The molecule has 0 saturated carbocycles. The predicted molar refractivity (Wildman–Crippen MR) is 98.4 cm³/mol. The molecule has 3 aromatic rings. The summed E-state index contributed by atoms with van der Waals surface area (Å²) in [5.41, 5.74) is 1.37. The third-order valence-corrected chi connectivity index (χ3v) is 4.27. The summed E-state index contributed by atoms with van der Waals surface area (Å²) in [7, 11) is 0. The first-order valence-electron chi connectivity index (χ1n) is 8.32. The van der Waals surface area contributed by atoms with Crippen molar-refractivity contribution in [1.29, 1.82) is 5.26 Å². The third-order valence-electron chi connectivity index (χ3n) is 4.27. The maximum absolute atomic E-state index is 13.2. The van der Waals surface area contributed by atoms with Crippen molar-refractivity contribution >= 4 is 10.9 Å². The summed E-state index contributed by atoms with van der Waals surface area (Å²) >= 11 is 0. The van der Waals surface area contributed by atoms with Crippen molar-refractivity contribution in [3.8, 4) is 17.5 Å². The summed E-state index contributed by atoms with van der Waals surface area (Å²) in [4.78, 5) is 17.8. The first-order chi connectivity index (χ1) is 12.3. The minimum absolute atomic E-state index is 0.0769. The van der Waals surface area contributed by atoms with Crippen molar-refractivity contribution in [3.63, 3.8) is 0 Å². The number of hydrogen-bond acceptors (Lipinski definition) is 5. The van der Waals surface area contributed by atoms with Gasteiger partial charge in [-0.1, -0.05) is 13.8 Å². The van der Waals surface area contributed by atoms with E-state index < -0.39 is 6.10 Å². The highest BCUT2D eigenvalue weighted by Gasteiger charge is 2.20. The quantitative estimate of drug-likeness (QED) is 0.757. The van der Waals surface area contributed by atoms with Crippen LogP contribution in [0.1, 0.15) is 49.7 Å². The fourth-order valence-electron chi connectivity index (χ4n) is 3.01. The topological polar surface area (TPSA) is 99.1 Å². The number of benzene rings is 2. The highest BCUT2D eigenvalue weighted by molar-refractivity contribution is 5.84. The molecule has 0 bridgehead atoms. The lowest BCUT2D eigenvalue weighted by Crippen LogP contribution is -2.25. The summed E-state index contributed by atoms with van der Waals surface area (Å²) < 4.78 is 1.51. The van der Waals surface area contributed by atoms with Crippen LogP contribution in [0.3, 0.4) is 0 Å². The normalized spacial score (nSPS) is 12.3. The van der Waals surface area contributed by atoms with E-state index in [1.807, 2.05) is 13.8 Å². The molecule has 1 heterocycles. The smallest absolute Gasteiger partial charge is 0.265 e. The molecule has 1 unspecified atom stereocenters. The first kappa shape index (κ1) is 17.6. The Morgan fingerprint density at radius 1 is 1.12 bits per heavy atom. The Morgan fingerprint density at radius 2 is 1.77 bits per heavy atom. The Labute approximate surface area is 150 Å². The molecule has 2 aromatic carbocycles. The van der Waals surface area contributed by atoms with Crippen molar-refractivity contribution in [3.05, 3.63) is 63.7 Å². The number of aromatic hydroxyl groups is 1. The number of nitriles is 1. The molecule has 6 heteroatoms. The molecule has 0 fully saturated rings. The molecule has 0 spiro atoms. The van der Waals surface area contributed by atoms with E-state index in [0.29, 0.717) is 28.0 Å². The molecule has 0 amide bonds. The summed E-state index contributed by atoms with van der Waals surface area (Å²) in [5, 5.41) is 29.4. The van der Waals surface area contributed by atoms with E-state index in [0.717, 1.165) is 0 Å². The van der Waals surface area contributed by atoms with Gasteiger partial charge in [0.25, 0.3) is 5.56 Å². The summed E-state index contributed by atoms with van der Waals surface area (Å²) in [5.74, 6) is 0.344. The lowest BCUT2D eigenvalue weighted by Gasteiger charge is -2.18. The molecule has 132 valence electrons. The van der Waals surface area contributed by atoms with Crippen molar-refractivity contribution in [2.75, 3.05) is 0 Å². The van der Waals surface area contributed by atoms with Crippen LogP contribution in [-0.4, -0.2) is 19.8 Å². The highest BCUT2D eigenvalue weighted by atomic mass is 16.3. The Morgan fingerprint density at radius 3 is 2.31 bits per heavy atom. The zero-order valence-electron chi connectivity index (χ0n) is 14.8. The third kappa shape index (κ3) is 2.83. The van der Waals surface area contributed by atoms with E-state index in [2.05, 4.69) is 11.1 Å². The summed E-state index contributed by atoms with van der Waals surface area (Å²) in [6, 6.07) is 11.7. The molecule has 0 radical (unpaired) electrons. The molecule has 0 aliphatic rings. The number of nitrogens with zero attached hydrogens (tertiary/aromatic N) is 3. The van der Waals surface area contributed by atoms with E-state index >= 15 is 0 Å². The van der Waals surface area contributed by atoms with Crippen LogP contribution in [0, 0.1) is 11.3 Å². The van der Waals surface area contributed by atoms with Gasteiger partial charge in [-0.2, -0.15) is 5.26 Å². The molecule has 0 saturated heterocycles. The Kier molecular flexibility index (Phi) is 4.49. The second kappa shape index (κ2) is 6.62. The number of hydrogen-bond donors (Lipinski definition) is 2. The van der Waals surface area contributed by atoms with Gasteiger partial charge in [-0.05, 0) is 43.3 Å². The van der Waals surface area contributed by atoms with Crippen molar-refractivity contribution in [2.45, 2.75) is 32.8 Å². The molecular weight excluding hydrogens is 330 g/mol. The van der Waals surface area contributed by atoms with Gasteiger partial charge in [-0.15, -0.1) is 0 Å². The number of phenols is 1. The van der Waals surface area contributed by atoms with Gasteiger partial charge < -0.3 is 10.2 Å². The molecule has 3 rings (SSSR count). The lowest BCUT2D eigenvalue weighted by molar-refractivity contribution is 0.196. The van der Waals surface area contributed by atoms with Gasteiger partial charge in [0.1, 0.15) is 11.6 Å². The SMILES string of the molecule is CC(C)c1nc2c(C(C)O)c(O)ccc2c(=O)n1-c1ccc(C#N)cc1. The zero-order chi connectivity index (χ0) is 19.0. The van der Waals surface area contributed by atoms with Gasteiger partial charge in [0.2, 0.25) is 0 Å². The van der Waals surface area contributed by atoms with Gasteiger partial charge in [0, 0.05) is 11.5 Å². The number of fused-ring (bicyclic) bond motifs is 1. The van der Waals surface area contributed by atoms with Gasteiger partial charge in [-0.3, -0.25) is 9.36 Å². The molecule has 26 heavy (non-hydrogen) atoms. The molecule has 2 N–H and O–H groups in total. The zero-order valence-corrected chi connectivity index (χ0v) is 14.8. The van der Waals surface area contributed by atoms with Crippen LogP contribution in [-0.2, 0) is 0 Å². The van der Waals surface area contributed by atoms with Crippen LogP contribution in [0.4, 0.5) is 0 Å². The monoisotopic (exact) mass is 349 g/mol. The molecular formula is C20H19N3O3. The number of rotatable bonds is 3. The summed E-state index contributed by atoms with van der Waals surface area (Å²) in [6.45, 7) is 5.36. The minimum Gasteiger partial charge on any atom is -0.507 e. The molecule has 6 nitrogen and oxygen atoms in total. The van der Waals surface area contributed by atoms with Crippen molar-refractivity contribution in [1.82, 2.24) is 9.55 Å². The first-order valence-corrected chi connectivity index (χ1v) is 8.32. The van der Waals surface area contributed by atoms with Gasteiger partial charge in [-0.25, -0.2) is 4.98 Å². The number of aliphatic hydroxyl groups is 1. The largest absolute Gasteiger partial charge is 0.507 e. The summed E-state index contributed by atoms with van der Waals surface area (Å²) in [6.07, 6.45) is -0.962. The number of aromatic nitrogens is 2. The van der Waals surface area contributed by atoms with Crippen LogP contribution in [0.25, 0.3) is 16.6 Å². The van der Waals surface area contributed by atoms with Crippen LogP contribution in [0.15, 0.2) is 41.2 Å². The highest BCUT2D eigenvalue weighted by Crippen LogP contribution is 2.31.